The molecule has 0 unspecified atom stereocenters. The Morgan fingerprint density at radius 2 is 2.06 bits per heavy atom. The molecular formula is C14H17N3O. The summed E-state index contributed by atoms with van der Waals surface area (Å²) in [6, 6.07) is 11.7. The minimum atomic E-state index is -0.0919. The van der Waals surface area contributed by atoms with Crippen LogP contribution >= 0.6 is 0 Å². The molecule has 0 saturated carbocycles. The molecule has 0 bridgehead atoms. The second kappa shape index (κ2) is 5.49. The fraction of sp³-hybridized carbons (Fsp3) is 0.286. The molecule has 4 heteroatoms. The predicted molar refractivity (Wildman–Crippen MR) is 70.1 cm³/mol. The first kappa shape index (κ1) is 12.4. The molecule has 0 aliphatic carbocycles. The summed E-state index contributed by atoms with van der Waals surface area (Å²) >= 11 is 0. The normalized spacial score (nSPS) is 12.1. The van der Waals surface area contributed by atoms with Crippen LogP contribution in [-0.4, -0.2) is 15.7 Å². The van der Waals surface area contributed by atoms with Crippen LogP contribution in [0.15, 0.2) is 42.6 Å². The zero-order valence-electron chi connectivity index (χ0n) is 10.6. The lowest BCUT2D eigenvalue weighted by Crippen LogP contribution is -2.29. The molecule has 1 aromatic heterocycles. The molecule has 0 aliphatic rings. The van der Waals surface area contributed by atoms with Crippen LogP contribution in [0.2, 0.25) is 0 Å². The number of rotatable bonds is 4. The van der Waals surface area contributed by atoms with E-state index in [-0.39, 0.29) is 11.9 Å². The Balaban J connectivity index is 2.13. The summed E-state index contributed by atoms with van der Waals surface area (Å²) < 4.78 is 1.58. The van der Waals surface area contributed by atoms with Crippen LogP contribution in [-0.2, 0) is 7.05 Å². The lowest BCUT2D eigenvalue weighted by atomic mass is 10.0. The summed E-state index contributed by atoms with van der Waals surface area (Å²) in [7, 11) is 1.76. The van der Waals surface area contributed by atoms with Gasteiger partial charge in [0.25, 0.3) is 5.91 Å². The van der Waals surface area contributed by atoms with E-state index in [1.807, 2.05) is 30.3 Å². The van der Waals surface area contributed by atoms with Gasteiger partial charge in [-0.1, -0.05) is 37.3 Å². The van der Waals surface area contributed by atoms with Gasteiger partial charge < -0.3 is 5.32 Å². The number of aryl methyl sites for hydroxylation is 1. The molecule has 1 atom stereocenters. The summed E-state index contributed by atoms with van der Waals surface area (Å²) in [6.45, 7) is 2.06. The molecule has 0 spiro atoms. The molecule has 0 aliphatic heterocycles. The van der Waals surface area contributed by atoms with Crippen molar-refractivity contribution < 1.29 is 4.79 Å². The van der Waals surface area contributed by atoms with Crippen molar-refractivity contribution in [2.75, 3.05) is 0 Å². The number of nitrogens with zero attached hydrogens (tertiary/aromatic N) is 2. The lowest BCUT2D eigenvalue weighted by Gasteiger charge is -2.17. The summed E-state index contributed by atoms with van der Waals surface area (Å²) in [6.07, 6.45) is 2.48. The van der Waals surface area contributed by atoms with E-state index in [1.54, 1.807) is 24.0 Å². The first-order valence-corrected chi connectivity index (χ1v) is 6.06. The van der Waals surface area contributed by atoms with Gasteiger partial charge >= 0.3 is 0 Å². The highest BCUT2D eigenvalue weighted by Crippen LogP contribution is 2.16. The van der Waals surface area contributed by atoms with Crippen LogP contribution < -0.4 is 5.32 Å². The van der Waals surface area contributed by atoms with Crippen LogP contribution in [0.25, 0.3) is 0 Å². The molecule has 1 N–H and O–H groups in total. The molecule has 0 fully saturated rings. The highest BCUT2D eigenvalue weighted by Gasteiger charge is 2.15. The SMILES string of the molecule is CC[C@H](NC(=O)c1ccnn1C)c1ccccc1. The minimum absolute atomic E-state index is 0.0357. The van der Waals surface area contributed by atoms with Crippen molar-refractivity contribution >= 4 is 5.91 Å². The Hall–Kier alpha value is -2.10. The molecule has 18 heavy (non-hydrogen) atoms. The molecule has 4 nitrogen and oxygen atoms in total. The number of nitrogens with one attached hydrogen (secondary N) is 1. The van der Waals surface area contributed by atoms with Crippen LogP contribution in [0, 0.1) is 0 Å². The number of hydrogen-bond donors (Lipinski definition) is 1. The van der Waals surface area contributed by atoms with Crippen LogP contribution in [0.4, 0.5) is 0 Å². The number of aromatic nitrogens is 2. The summed E-state index contributed by atoms with van der Waals surface area (Å²) in [5.74, 6) is -0.0919. The highest BCUT2D eigenvalue weighted by molar-refractivity contribution is 5.92. The van der Waals surface area contributed by atoms with Crippen molar-refractivity contribution in [1.82, 2.24) is 15.1 Å². The highest BCUT2D eigenvalue weighted by atomic mass is 16.2. The minimum Gasteiger partial charge on any atom is -0.344 e. The summed E-state index contributed by atoms with van der Waals surface area (Å²) in [5.41, 5.74) is 1.69. The van der Waals surface area contributed by atoms with Crippen molar-refractivity contribution in [3.8, 4) is 0 Å². The molecule has 1 amide bonds. The zero-order chi connectivity index (χ0) is 13.0. The predicted octanol–water partition coefficient (Wildman–Crippen LogP) is 2.30. The quantitative estimate of drug-likeness (QED) is 0.895. The average Bonchev–Trinajstić information content (AvgIpc) is 2.83. The maximum Gasteiger partial charge on any atom is 0.270 e. The van der Waals surface area contributed by atoms with Crippen molar-refractivity contribution in [2.24, 2.45) is 7.05 Å². The third kappa shape index (κ3) is 2.59. The Bertz CT molecular complexity index is 519. The van der Waals surface area contributed by atoms with Crippen molar-refractivity contribution in [3.05, 3.63) is 53.9 Å². The zero-order valence-corrected chi connectivity index (χ0v) is 10.6. The van der Waals surface area contributed by atoms with Gasteiger partial charge in [-0.2, -0.15) is 5.10 Å². The van der Waals surface area contributed by atoms with E-state index in [0.29, 0.717) is 5.69 Å². The lowest BCUT2D eigenvalue weighted by molar-refractivity contribution is 0.0926. The van der Waals surface area contributed by atoms with Gasteiger partial charge in [0.05, 0.1) is 6.04 Å². The molecule has 1 heterocycles. The summed E-state index contributed by atoms with van der Waals surface area (Å²) in [5, 5.41) is 7.03. The van der Waals surface area contributed by atoms with Gasteiger partial charge in [-0.05, 0) is 18.1 Å². The molecule has 0 saturated heterocycles. The van der Waals surface area contributed by atoms with Crippen LogP contribution in [0.3, 0.4) is 0 Å². The smallest absolute Gasteiger partial charge is 0.270 e. The second-order valence-electron chi connectivity index (χ2n) is 4.19. The van der Waals surface area contributed by atoms with Gasteiger partial charge in [0.1, 0.15) is 5.69 Å². The first-order valence-electron chi connectivity index (χ1n) is 6.06. The van der Waals surface area contributed by atoms with E-state index < -0.39 is 0 Å². The maximum absolute atomic E-state index is 12.1. The van der Waals surface area contributed by atoms with E-state index in [1.165, 1.54) is 0 Å². The Kier molecular flexibility index (Phi) is 3.77. The number of benzene rings is 1. The summed E-state index contributed by atoms with van der Waals surface area (Å²) in [4.78, 5) is 12.1. The Morgan fingerprint density at radius 1 is 1.33 bits per heavy atom. The van der Waals surface area contributed by atoms with E-state index >= 15 is 0 Å². The van der Waals surface area contributed by atoms with Crippen LogP contribution in [0.1, 0.15) is 35.4 Å². The van der Waals surface area contributed by atoms with Gasteiger partial charge in [0.15, 0.2) is 0 Å². The second-order valence-corrected chi connectivity index (χ2v) is 4.19. The van der Waals surface area contributed by atoms with Gasteiger partial charge in [-0.25, -0.2) is 0 Å². The van der Waals surface area contributed by atoms with E-state index in [9.17, 15) is 4.79 Å². The topological polar surface area (TPSA) is 46.9 Å². The largest absolute Gasteiger partial charge is 0.344 e. The number of hydrogen-bond acceptors (Lipinski definition) is 2. The molecule has 2 aromatic rings. The van der Waals surface area contributed by atoms with Gasteiger partial charge in [0.2, 0.25) is 0 Å². The Morgan fingerprint density at radius 3 is 2.61 bits per heavy atom. The fourth-order valence-corrected chi connectivity index (χ4v) is 1.94. The van der Waals surface area contributed by atoms with E-state index in [0.717, 1.165) is 12.0 Å². The fourth-order valence-electron chi connectivity index (χ4n) is 1.94. The van der Waals surface area contributed by atoms with Gasteiger partial charge in [-0.3, -0.25) is 9.48 Å². The molecular weight excluding hydrogens is 226 g/mol. The van der Waals surface area contributed by atoms with Gasteiger partial charge in [0, 0.05) is 13.2 Å². The maximum atomic E-state index is 12.1. The van der Waals surface area contributed by atoms with E-state index in [2.05, 4.69) is 17.3 Å². The molecule has 0 radical (unpaired) electrons. The Labute approximate surface area is 107 Å². The standard InChI is InChI=1S/C14H17N3O/c1-3-12(11-7-5-4-6-8-11)16-14(18)13-9-10-15-17(13)2/h4-10,12H,3H2,1-2H3,(H,16,18)/t12-/m0/s1. The number of carbonyl (C=O) groups is 1. The first-order chi connectivity index (χ1) is 8.72. The van der Waals surface area contributed by atoms with E-state index in [4.69, 9.17) is 0 Å². The monoisotopic (exact) mass is 243 g/mol. The molecule has 1 aromatic carbocycles. The van der Waals surface area contributed by atoms with Crippen molar-refractivity contribution in [1.29, 1.82) is 0 Å². The van der Waals surface area contributed by atoms with Crippen molar-refractivity contribution in [2.45, 2.75) is 19.4 Å². The van der Waals surface area contributed by atoms with Crippen molar-refractivity contribution in [3.63, 3.8) is 0 Å². The van der Waals surface area contributed by atoms with Crippen LogP contribution in [0.5, 0.6) is 0 Å². The molecule has 94 valence electrons. The van der Waals surface area contributed by atoms with Gasteiger partial charge in [-0.15, -0.1) is 0 Å². The number of amides is 1. The number of carbonyl (C=O) groups excluding carboxylic acids is 1. The third-order valence-electron chi connectivity index (χ3n) is 2.97. The molecule has 2 rings (SSSR count). The third-order valence-corrected chi connectivity index (χ3v) is 2.97. The average molecular weight is 243 g/mol.